The van der Waals surface area contributed by atoms with Crippen LogP contribution in [0.1, 0.15) is 18.9 Å². The van der Waals surface area contributed by atoms with Crippen molar-refractivity contribution >= 4 is 10.0 Å². The number of nitrogens with one attached hydrogen (secondary N) is 1. The summed E-state index contributed by atoms with van der Waals surface area (Å²) < 4.78 is 35.3. The van der Waals surface area contributed by atoms with Crippen LogP contribution in [-0.4, -0.2) is 15.0 Å². The summed E-state index contributed by atoms with van der Waals surface area (Å²) in [7, 11) is -3.99. The van der Waals surface area contributed by atoms with Gasteiger partial charge in [0.2, 0.25) is 10.0 Å². The average molecular weight is 246 g/mol. The SMILES string of the molecule is CCCNCc1ccc(F)c(S(N)(=O)=O)c1. The molecule has 0 bridgehead atoms. The molecule has 0 amide bonds. The molecule has 1 rings (SSSR count). The Bertz CT molecular complexity index is 460. The third-order valence-corrected chi connectivity index (χ3v) is 2.98. The summed E-state index contributed by atoms with van der Waals surface area (Å²) in [6, 6.07) is 3.91. The maximum atomic E-state index is 13.2. The van der Waals surface area contributed by atoms with E-state index in [9.17, 15) is 12.8 Å². The fourth-order valence-corrected chi connectivity index (χ4v) is 1.94. The van der Waals surface area contributed by atoms with E-state index in [1.807, 2.05) is 6.92 Å². The van der Waals surface area contributed by atoms with Gasteiger partial charge < -0.3 is 5.32 Å². The van der Waals surface area contributed by atoms with Crippen LogP contribution in [-0.2, 0) is 16.6 Å². The molecule has 4 nitrogen and oxygen atoms in total. The van der Waals surface area contributed by atoms with Crippen LogP contribution in [0.4, 0.5) is 4.39 Å². The number of primary sulfonamides is 1. The van der Waals surface area contributed by atoms with Crippen LogP contribution < -0.4 is 10.5 Å². The third-order valence-electron chi connectivity index (χ3n) is 2.06. The van der Waals surface area contributed by atoms with E-state index < -0.39 is 20.7 Å². The van der Waals surface area contributed by atoms with Crippen molar-refractivity contribution in [1.82, 2.24) is 5.32 Å². The molecule has 0 aliphatic heterocycles. The molecule has 90 valence electrons. The highest BCUT2D eigenvalue weighted by atomic mass is 32.2. The number of halogens is 1. The predicted molar refractivity (Wildman–Crippen MR) is 59.8 cm³/mol. The van der Waals surface area contributed by atoms with E-state index in [2.05, 4.69) is 5.32 Å². The van der Waals surface area contributed by atoms with Gasteiger partial charge >= 0.3 is 0 Å². The largest absolute Gasteiger partial charge is 0.313 e. The van der Waals surface area contributed by atoms with E-state index in [4.69, 9.17) is 5.14 Å². The predicted octanol–water partition coefficient (Wildman–Crippen LogP) is 0.973. The highest BCUT2D eigenvalue weighted by molar-refractivity contribution is 7.89. The van der Waals surface area contributed by atoms with Crippen LogP contribution in [0.3, 0.4) is 0 Å². The Morgan fingerprint density at radius 3 is 2.69 bits per heavy atom. The maximum Gasteiger partial charge on any atom is 0.240 e. The number of hydrogen-bond acceptors (Lipinski definition) is 3. The quantitative estimate of drug-likeness (QED) is 0.760. The van der Waals surface area contributed by atoms with Gasteiger partial charge in [0.25, 0.3) is 0 Å². The first-order valence-electron chi connectivity index (χ1n) is 4.97. The Morgan fingerprint density at radius 1 is 1.44 bits per heavy atom. The average Bonchev–Trinajstić information content (AvgIpc) is 2.19. The molecular weight excluding hydrogens is 231 g/mol. The summed E-state index contributed by atoms with van der Waals surface area (Å²) in [5, 5.41) is 7.98. The van der Waals surface area contributed by atoms with Crippen LogP contribution in [0, 0.1) is 5.82 Å². The molecule has 0 aliphatic rings. The second-order valence-corrected chi connectivity index (χ2v) is 5.02. The van der Waals surface area contributed by atoms with E-state index >= 15 is 0 Å². The molecule has 0 unspecified atom stereocenters. The summed E-state index contributed by atoms with van der Waals surface area (Å²) >= 11 is 0. The minimum absolute atomic E-state index is 0.455. The lowest BCUT2D eigenvalue weighted by atomic mass is 10.2. The first-order valence-corrected chi connectivity index (χ1v) is 6.51. The highest BCUT2D eigenvalue weighted by Gasteiger charge is 2.14. The van der Waals surface area contributed by atoms with Crippen molar-refractivity contribution in [2.24, 2.45) is 5.14 Å². The van der Waals surface area contributed by atoms with Crippen molar-refractivity contribution in [2.75, 3.05) is 6.54 Å². The van der Waals surface area contributed by atoms with Crippen molar-refractivity contribution in [3.05, 3.63) is 29.6 Å². The highest BCUT2D eigenvalue weighted by Crippen LogP contribution is 2.14. The van der Waals surface area contributed by atoms with E-state index in [1.165, 1.54) is 12.1 Å². The normalized spacial score (nSPS) is 11.7. The molecule has 0 saturated carbocycles. The zero-order chi connectivity index (χ0) is 12.2. The van der Waals surface area contributed by atoms with E-state index in [-0.39, 0.29) is 0 Å². The molecular formula is C10H15FN2O2S. The first-order chi connectivity index (χ1) is 7.45. The van der Waals surface area contributed by atoms with Crippen molar-refractivity contribution in [3.63, 3.8) is 0 Å². The molecule has 0 fully saturated rings. The molecule has 0 heterocycles. The van der Waals surface area contributed by atoms with Gasteiger partial charge in [-0.05, 0) is 30.7 Å². The first kappa shape index (κ1) is 13.1. The summed E-state index contributed by atoms with van der Waals surface area (Å²) in [5.41, 5.74) is 0.693. The Kier molecular flexibility index (Phi) is 4.40. The fourth-order valence-electron chi connectivity index (χ4n) is 1.29. The van der Waals surface area contributed by atoms with Crippen molar-refractivity contribution in [3.8, 4) is 0 Å². The zero-order valence-electron chi connectivity index (χ0n) is 9.03. The molecule has 3 N–H and O–H groups in total. The smallest absolute Gasteiger partial charge is 0.240 e. The second-order valence-electron chi connectivity index (χ2n) is 3.49. The lowest BCUT2D eigenvalue weighted by Gasteiger charge is -2.06. The van der Waals surface area contributed by atoms with Gasteiger partial charge in [0.05, 0.1) is 0 Å². The Balaban J connectivity index is 2.91. The standard InChI is InChI=1S/C10H15FN2O2S/c1-2-5-13-7-8-3-4-9(11)10(6-8)16(12,14)15/h3-4,6,13H,2,5,7H2,1H3,(H2,12,14,15). The molecule has 0 atom stereocenters. The van der Waals surface area contributed by atoms with Crippen LogP contribution in [0.25, 0.3) is 0 Å². The second kappa shape index (κ2) is 5.38. The van der Waals surface area contributed by atoms with Gasteiger partial charge in [-0.15, -0.1) is 0 Å². The monoisotopic (exact) mass is 246 g/mol. The van der Waals surface area contributed by atoms with Gasteiger partial charge in [-0.25, -0.2) is 17.9 Å². The van der Waals surface area contributed by atoms with Gasteiger partial charge in [0, 0.05) is 6.54 Å². The third kappa shape index (κ3) is 3.55. The molecule has 0 aliphatic carbocycles. The van der Waals surface area contributed by atoms with Gasteiger partial charge in [0.1, 0.15) is 10.7 Å². The Morgan fingerprint density at radius 2 is 2.12 bits per heavy atom. The molecule has 0 saturated heterocycles. The summed E-state index contributed by atoms with van der Waals surface area (Å²) in [4.78, 5) is -0.455. The molecule has 16 heavy (non-hydrogen) atoms. The Hall–Kier alpha value is -0.980. The summed E-state index contributed by atoms with van der Waals surface area (Å²) in [5.74, 6) is -0.818. The zero-order valence-corrected chi connectivity index (χ0v) is 9.85. The number of rotatable bonds is 5. The van der Waals surface area contributed by atoms with Crippen LogP contribution in [0.5, 0.6) is 0 Å². The molecule has 6 heteroatoms. The van der Waals surface area contributed by atoms with Crippen molar-refractivity contribution in [2.45, 2.75) is 24.8 Å². The van der Waals surface area contributed by atoms with Gasteiger partial charge in [0.15, 0.2) is 0 Å². The number of sulfonamides is 1. The number of hydrogen-bond donors (Lipinski definition) is 2. The van der Waals surface area contributed by atoms with E-state index in [0.717, 1.165) is 19.0 Å². The molecule has 0 spiro atoms. The van der Waals surface area contributed by atoms with E-state index in [0.29, 0.717) is 12.1 Å². The van der Waals surface area contributed by atoms with Crippen molar-refractivity contribution in [1.29, 1.82) is 0 Å². The van der Waals surface area contributed by atoms with Crippen LogP contribution in [0.15, 0.2) is 23.1 Å². The fraction of sp³-hybridized carbons (Fsp3) is 0.400. The summed E-state index contributed by atoms with van der Waals surface area (Å²) in [6.45, 7) is 3.34. The van der Waals surface area contributed by atoms with Gasteiger partial charge in [-0.2, -0.15) is 0 Å². The van der Waals surface area contributed by atoms with Crippen LogP contribution in [0.2, 0.25) is 0 Å². The lowest BCUT2D eigenvalue weighted by molar-refractivity contribution is 0.566. The molecule has 0 radical (unpaired) electrons. The van der Waals surface area contributed by atoms with Crippen LogP contribution >= 0.6 is 0 Å². The minimum Gasteiger partial charge on any atom is -0.313 e. The molecule has 0 aromatic heterocycles. The topological polar surface area (TPSA) is 72.2 Å². The van der Waals surface area contributed by atoms with E-state index in [1.54, 1.807) is 0 Å². The molecule has 1 aromatic carbocycles. The van der Waals surface area contributed by atoms with Gasteiger partial charge in [-0.1, -0.05) is 13.0 Å². The lowest BCUT2D eigenvalue weighted by Crippen LogP contribution is -2.17. The van der Waals surface area contributed by atoms with Crippen molar-refractivity contribution < 1.29 is 12.8 Å². The Labute approximate surface area is 94.7 Å². The molecule has 1 aromatic rings. The number of nitrogens with two attached hydrogens (primary N) is 1. The number of benzene rings is 1. The minimum atomic E-state index is -3.99. The maximum absolute atomic E-state index is 13.2. The summed E-state index contributed by atoms with van der Waals surface area (Å²) in [6.07, 6.45) is 0.975. The van der Waals surface area contributed by atoms with Gasteiger partial charge in [-0.3, -0.25) is 0 Å².